The van der Waals surface area contributed by atoms with Crippen molar-refractivity contribution in [2.45, 2.75) is 155 Å². The zero-order valence-corrected chi connectivity index (χ0v) is 53.9. The SMILES string of the molecule is CC1(C)OB(B2OC(C)(C)C(C)(C)O2)OC1(C)C.CC1(C)OB(c2cnc3c(c2)CCCN3C(N)=O)OC1(C)C.NC(=O)N1CCCc2cc(Br)cnc21.NC(=O)c1cncc(-c2cnc3c(c2)CCCN3C(N)=O)c1.NC(=O)c1cncc(Br)c1. The molecule has 458 valence electrons. The molecule has 5 aromatic rings. The summed E-state index contributed by atoms with van der Waals surface area (Å²) in [7, 11) is -1.39. The maximum Gasteiger partial charge on any atom is 0.496 e. The Morgan fingerprint density at radius 1 is 0.430 bits per heavy atom. The predicted octanol–water partition coefficient (Wildman–Crippen LogP) is 7.15. The van der Waals surface area contributed by atoms with Crippen LogP contribution in [0.25, 0.3) is 11.1 Å². The van der Waals surface area contributed by atoms with Crippen molar-refractivity contribution in [1.29, 1.82) is 0 Å². The van der Waals surface area contributed by atoms with Gasteiger partial charge < -0.3 is 56.6 Å². The van der Waals surface area contributed by atoms with E-state index in [4.69, 9.17) is 56.6 Å². The minimum absolute atomic E-state index is 0.342. The Bertz CT molecular complexity index is 3280. The van der Waals surface area contributed by atoms with Gasteiger partial charge in [0.2, 0.25) is 11.8 Å². The maximum atomic E-state index is 11.5. The van der Waals surface area contributed by atoms with Crippen LogP contribution in [0.15, 0.2) is 82.7 Å². The summed E-state index contributed by atoms with van der Waals surface area (Å²) >= 11 is 6.51. The number of primary amides is 5. The van der Waals surface area contributed by atoms with Gasteiger partial charge in [0, 0.05) is 88.5 Å². The molecule has 11 rings (SSSR count). The van der Waals surface area contributed by atoms with Crippen molar-refractivity contribution >= 4 is 106 Å². The third kappa shape index (κ3) is 15.4. The highest BCUT2D eigenvalue weighted by atomic mass is 79.9. The summed E-state index contributed by atoms with van der Waals surface area (Å²) in [5, 5.41) is 0. The molecule has 0 atom stereocenters. The lowest BCUT2D eigenvalue weighted by Gasteiger charge is -2.32. The molecule has 3 saturated heterocycles. The van der Waals surface area contributed by atoms with Gasteiger partial charge in [-0.2, -0.15) is 0 Å². The molecule has 6 aliphatic rings. The number of carbonyl (C=O) groups is 5. The number of hydrogen-bond donors (Lipinski definition) is 5. The van der Waals surface area contributed by atoms with Crippen LogP contribution in [0, 0.1) is 0 Å². The van der Waals surface area contributed by atoms with Gasteiger partial charge in [-0.05, 0) is 194 Å². The van der Waals surface area contributed by atoms with Crippen molar-refractivity contribution in [3.05, 3.63) is 110 Å². The van der Waals surface area contributed by atoms with Crippen molar-refractivity contribution in [2.75, 3.05) is 34.3 Å². The van der Waals surface area contributed by atoms with Crippen LogP contribution in [-0.2, 0) is 47.2 Å². The second-order valence-corrected chi connectivity index (χ2v) is 26.1. The summed E-state index contributed by atoms with van der Waals surface area (Å²) < 4.78 is 37.6. The average Bonchev–Trinajstić information content (AvgIpc) is 1.67. The Hall–Kier alpha value is -6.59. The van der Waals surface area contributed by atoms with Gasteiger partial charge in [-0.15, -0.1) is 0 Å². The van der Waals surface area contributed by atoms with Gasteiger partial charge in [-0.25, -0.2) is 29.3 Å². The van der Waals surface area contributed by atoms with Crippen LogP contribution in [0.4, 0.5) is 31.8 Å². The second kappa shape index (κ2) is 26.4. The van der Waals surface area contributed by atoms with Gasteiger partial charge in [0.05, 0.1) is 44.7 Å². The van der Waals surface area contributed by atoms with E-state index in [1.54, 1.807) is 43.1 Å². The monoisotopic (exact) mass is 1310 g/mol. The highest BCUT2D eigenvalue weighted by molar-refractivity contribution is 9.10. The molecular weight excluding hydrogens is 1230 g/mol. The van der Waals surface area contributed by atoms with E-state index in [0.717, 1.165) is 80.8 Å². The van der Waals surface area contributed by atoms with Gasteiger partial charge in [-0.1, -0.05) is 6.07 Å². The molecule has 8 amide bonds. The topological polar surface area (TPSA) is 345 Å². The molecule has 0 radical (unpaired) electrons. The maximum absolute atomic E-state index is 11.5. The minimum atomic E-state index is -0.528. The molecule has 0 aliphatic carbocycles. The van der Waals surface area contributed by atoms with E-state index >= 15 is 0 Å². The zero-order chi connectivity index (χ0) is 63.5. The van der Waals surface area contributed by atoms with Gasteiger partial charge in [0.1, 0.15) is 17.5 Å². The van der Waals surface area contributed by atoms with Gasteiger partial charge in [-0.3, -0.25) is 34.3 Å². The predicted molar refractivity (Wildman–Crippen MR) is 336 cm³/mol. The molecule has 86 heavy (non-hydrogen) atoms. The van der Waals surface area contributed by atoms with E-state index in [1.807, 2.05) is 101 Å². The molecular formula is C57H76B3Br2N13O11. The van der Waals surface area contributed by atoms with Crippen LogP contribution in [-0.4, -0.2) is 129 Å². The normalized spacial score (nSPS) is 19.5. The number of carbonyl (C=O) groups excluding carboxylic acids is 5. The molecule has 0 saturated carbocycles. The molecule has 24 nitrogen and oxygen atoms in total. The Morgan fingerprint density at radius 2 is 0.779 bits per heavy atom. The molecule has 0 spiro atoms. The van der Waals surface area contributed by atoms with Gasteiger partial charge in [0.25, 0.3) is 0 Å². The Balaban J connectivity index is 0.000000157. The third-order valence-corrected chi connectivity index (χ3v) is 17.4. The number of anilines is 3. The number of hydrogen-bond acceptors (Lipinski definition) is 16. The number of aromatic nitrogens is 5. The highest BCUT2D eigenvalue weighted by Gasteiger charge is 2.64. The largest absolute Gasteiger partial charge is 0.496 e. The number of urea groups is 3. The zero-order valence-electron chi connectivity index (χ0n) is 50.7. The first-order valence-electron chi connectivity index (χ1n) is 28.1. The first-order chi connectivity index (χ1) is 40.0. The summed E-state index contributed by atoms with van der Waals surface area (Å²) in [6.45, 7) is 26.2. The standard InChI is InChI=1S/C15H22BN3O3.C15H15N5O2.C12H24B2O4.C9H10BrN3O.C6H5BrN2O/c1-14(2)15(3,4)22-16(21-14)11-8-10-6-5-7-19(13(17)20)12(10)18-9-11;16-13(21)12-5-10(6-18-7-12)11-4-9-2-1-3-20(15(17)22)14(9)19-8-11;1-9(2)10(3,4)16-13(15-9)14-17-11(5,6)12(7,8)18-14;10-7-4-6-2-1-3-13(9(11)14)8(6)12-5-7;7-5-1-4(6(8)10)2-9-3-5/h8-9H,5-7H2,1-4H3,(H2,17,20);4-8H,1-3H2,(H2,16,21)(H2,17,22);1-8H3;4-5H,1-3H2,(H2,11,14);1-3H,(H2,8,10). The molecule has 6 aliphatic heterocycles. The number of pyridine rings is 5. The second-order valence-electron chi connectivity index (χ2n) is 24.3. The van der Waals surface area contributed by atoms with Crippen molar-refractivity contribution in [3.63, 3.8) is 0 Å². The fourth-order valence-electron chi connectivity index (χ4n) is 9.57. The van der Waals surface area contributed by atoms with E-state index in [9.17, 15) is 24.0 Å². The Labute approximate surface area is 519 Å². The van der Waals surface area contributed by atoms with Crippen LogP contribution < -0.4 is 48.8 Å². The van der Waals surface area contributed by atoms with E-state index in [0.29, 0.717) is 48.2 Å². The molecule has 3 fully saturated rings. The number of aryl methyl sites for hydroxylation is 3. The molecule has 0 unspecified atom stereocenters. The molecule has 10 N–H and O–H groups in total. The fraction of sp³-hybridized carbons (Fsp3) is 0.474. The van der Waals surface area contributed by atoms with Crippen molar-refractivity contribution in [3.8, 4) is 11.1 Å². The van der Waals surface area contributed by atoms with Crippen molar-refractivity contribution in [1.82, 2.24) is 24.9 Å². The third-order valence-electron chi connectivity index (χ3n) is 16.5. The fourth-order valence-corrected chi connectivity index (χ4v) is 10.3. The first-order valence-corrected chi connectivity index (χ1v) is 29.7. The first kappa shape index (κ1) is 66.9. The summed E-state index contributed by atoms with van der Waals surface area (Å²) in [4.78, 5) is 81.1. The Morgan fingerprint density at radius 3 is 1.19 bits per heavy atom. The van der Waals surface area contributed by atoms with Crippen molar-refractivity contribution < 1.29 is 51.9 Å². The van der Waals surface area contributed by atoms with Crippen LogP contribution in [0.3, 0.4) is 0 Å². The van der Waals surface area contributed by atoms with Gasteiger partial charge >= 0.3 is 39.2 Å². The van der Waals surface area contributed by atoms with Crippen molar-refractivity contribution in [2.24, 2.45) is 28.7 Å². The quantitative estimate of drug-likeness (QED) is 0.109. The summed E-state index contributed by atoms with van der Waals surface area (Å²) in [6, 6.07) is 7.84. The van der Waals surface area contributed by atoms with Crippen LogP contribution in [0.2, 0.25) is 0 Å². The minimum Gasteiger partial charge on any atom is -0.405 e. The number of nitrogens with two attached hydrogens (primary N) is 5. The molecule has 0 bridgehead atoms. The van der Waals surface area contributed by atoms with E-state index in [-0.39, 0.29) is 33.6 Å². The lowest BCUT2D eigenvalue weighted by atomic mass is 9.49. The van der Waals surface area contributed by atoms with E-state index in [1.165, 1.54) is 27.1 Å². The lowest BCUT2D eigenvalue weighted by molar-refractivity contribution is 0.00578. The van der Waals surface area contributed by atoms with E-state index < -0.39 is 51.0 Å². The van der Waals surface area contributed by atoms with Crippen LogP contribution >= 0.6 is 31.9 Å². The highest BCUT2D eigenvalue weighted by Crippen LogP contribution is 2.43. The average molecular weight is 1310 g/mol. The summed E-state index contributed by atoms with van der Waals surface area (Å²) in [5.74, 6) is 0.960. The number of halogens is 2. The van der Waals surface area contributed by atoms with Gasteiger partial charge in [0.15, 0.2) is 0 Å². The van der Waals surface area contributed by atoms with Crippen LogP contribution in [0.5, 0.6) is 0 Å². The summed E-state index contributed by atoms with van der Waals surface area (Å²) in [5.41, 5.74) is 30.3. The van der Waals surface area contributed by atoms with E-state index in [2.05, 4.69) is 56.8 Å². The summed E-state index contributed by atoms with van der Waals surface area (Å²) in [6.07, 6.45) is 16.4. The molecule has 5 aromatic heterocycles. The number of rotatable bonds is 5. The molecule has 29 heteroatoms. The molecule has 11 heterocycles. The van der Waals surface area contributed by atoms with Crippen LogP contribution in [0.1, 0.15) is 140 Å². The number of amides is 8. The number of nitrogens with zero attached hydrogens (tertiary/aromatic N) is 8. The smallest absolute Gasteiger partial charge is 0.405 e. The molecule has 0 aromatic carbocycles. The Kier molecular flexibility index (Phi) is 20.5. The number of fused-ring (bicyclic) bond motifs is 3. The lowest BCUT2D eigenvalue weighted by Crippen LogP contribution is -2.41.